The SMILES string of the molecule is COc1cccc(/C(O)=C2\C(=O)C(=O)N(c3nc4ccc(C)cc4s3)C2c2cccc(OC)c2)c1. The minimum atomic E-state index is -0.891. The molecule has 3 aromatic carbocycles. The van der Waals surface area contributed by atoms with Gasteiger partial charge in [0.25, 0.3) is 5.78 Å². The van der Waals surface area contributed by atoms with Gasteiger partial charge in [-0.2, -0.15) is 0 Å². The van der Waals surface area contributed by atoms with Crippen molar-refractivity contribution < 1.29 is 24.2 Å². The molecule has 1 aromatic heterocycles. The number of aryl methyl sites for hydroxylation is 1. The largest absolute Gasteiger partial charge is 0.507 e. The zero-order chi connectivity index (χ0) is 24.7. The number of carbonyl (C=O) groups is 2. The highest BCUT2D eigenvalue weighted by atomic mass is 32.1. The second-order valence-corrected chi connectivity index (χ2v) is 9.15. The van der Waals surface area contributed by atoms with Crippen LogP contribution < -0.4 is 14.4 Å². The van der Waals surface area contributed by atoms with Gasteiger partial charge in [0.2, 0.25) is 0 Å². The Hall–Kier alpha value is -4.17. The number of amides is 1. The van der Waals surface area contributed by atoms with Gasteiger partial charge in [0.1, 0.15) is 17.3 Å². The quantitative estimate of drug-likeness (QED) is 0.236. The van der Waals surface area contributed by atoms with Crippen molar-refractivity contribution >= 4 is 44.1 Å². The smallest absolute Gasteiger partial charge is 0.301 e. The van der Waals surface area contributed by atoms with Crippen molar-refractivity contribution in [3.05, 3.63) is 89.0 Å². The van der Waals surface area contributed by atoms with Crippen molar-refractivity contribution in [3.8, 4) is 11.5 Å². The molecular formula is C27H22N2O5S. The van der Waals surface area contributed by atoms with Crippen molar-refractivity contribution in [1.82, 2.24) is 4.98 Å². The summed E-state index contributed by atoms with van der Waals surface area (Å²) >= 11 is 1.32. The minimum absolute atomic E-state index is 0.0213. The number of benzene rings is 3. The summed E-state index contributed by atoms with van der Waals surface area (Å²) in [6, 6.07) is 18.8. The van der Waals surface area contributed by atoms with E-state index in [1.165, 1.54) is 23.3 Å². The molecule has 1 amide bonds. The summed E-state index contributed by atoms with van der Waals surface area (Å²) < 4.78 is 11.6. The molecule has 0 aliphatic carbocycles. The third-order valence-electron chi connectivity index (χ3n) is 5.94. The van der Waals surface area contributed by atoms with Crippen molar-refractivity contribution in [3.63, 3.8) is 0 Å². The molecule has 176 valence electrons. The molecule has 35 heavy (non-hydrogen) atoms. The number of hydrogen-bond acceptors (Lipinski definition) is 7. The van der Waals surface area contributed by atoms with Gasteiger partial charge < -0.3 is 14.6 Å². The highest BCUT2D eigenvalue weighted by Gasteiger charge is 2.48. The third-order valence-corrected chi connectivity index (χ3v) is 6.95. The Labute approximate surface area is 205 Å². The molecule has 4 aromatic rings. The first kappa shape index (κ1) is 22.6. The number of fused-ring (bicyclic) bond motifs is 1. The van der Waals surface area contributed by atoms with E-state index in [2.05, 4.69) is 4.98 Å². The summed E-state index contributed by atoms with van der Waals surface area (Å²) in [6.45, 7) is 1.98. The van der Waals surface area contributed by atoms with Crippen LogP contribution in [0.1, 0.15) is 22.7 Å². The predicted molar refractivity (Wildman–Crippen MR) is 135 cm³/mol. The van der Waals surface area contributed by atoms with Gasteiger partial charge in [-0.3, -0.25) is 14.5 Å². The molecule has 1 atom stereocenters. The molecular weight excluding hydrogens is 464 g/mol. The molecule has 1 aliphatic heterocycles. The van der Waals surface area contributed by atoms with E-state index >= 15 is 0 Å². The highest BCUT2D eigenvalue weighted by molar-refractivity contribution is 7.22. The number of carbonyl (C=O) groups excluding carboxylic acids is 2. The molecule has 8 heteroatoms. The van der Waals surface area contributed by atoms with Gasteiger partial charge in [0, 0.05) is 5.56 Å². The number of aromatic nitrogens is 1. The number of thiazole rings is 1. The van der Waals surface area contributed by atoms with Crippen molar-refractivity contribution in [2.24, 2.45) is 0 Å². The first-order chi connectivity index (χ1) is 16.9. The fourth-order valence-electron chi connectivity index (χ4n) is 4.21. The fraction of sp³-hybridized carbons (Fsp3) is 0.148. The van der Waals surface area contributed by atoms with Crippen LogP contribution in [0, 0.1) is 6.92 Å². The number of aliphatic hydroxyl groups is 1. The van der Waals surface area contributed by atoms with E-state index in [-0.39, 0.29) is 11.3 Å². The molecule has 1 fully saturated rings. The predicted octanol–water partition coefficient (Wildman–Crippen LogP) is 5.25. The molecule has 0 saturated carbocycles. The Bertz CT molecular complexity index is 1510. The van der Waals surface area contributed by atoms with Crippen LogP contribution in [0.2, 0.25) is 0 Å². The Balaban J connectivity index is 1.74. The van der Waals surface area contributed by atoms with Crippen LogP contribution in [0.4, 0.5) is 5.13 Å². The molecule has 1 unspecified atom stereocenters. The van der Waals surface area contributed by atoms with Crippen molar-refractivity contribution in [1.29, 1.82) is 0 Å². The number of nitrogens with zero attached hydrogens (tertiary/aromatic N) is 2. The van der Waals surface area contributed by atoms with E-state index in [1.54, 1.807) is 55.6 Å². The Kier molecular flexibility index (Phi) is 5.74. The fourth-order valence-corrected chi connectivity index (χ4v) is 5.30. The van der Waals surface area contributed by atoms with Crippen LogP contribution >= 0.6 is 11.3 Å². The number of ether oxygens (including phenoxy) is 2. The molecule has 0 bridgehead atoms. The zero-order valence-corrected chi connectivity index (χ0v) is 20.1. The summed E-state index contributed by atoms with van der Waals surface area (Å²) in [5.74, 6) is -0.738. The summed E-state index contributed by atoms with van der Waals surface area (Å²) in [4.78, 5) is 32.8. The zero-order valence-electron chi connectivity index (χ0n) is 19.3. The van der Waals surface area contributed by atoms with Gasteiger partial charge in [-0.1, -0.05) is 41.7 Å². The number of aliphatic hydroxyl groups excluding tert-OH is 1. The lowest BCUT2D eigenvalue weighted by molar-refractivity contribution is -0.132. The van der Waals surface area contributed by atoms with E-state index in [0.29, 0.717) is 27.8 Å². The summed E-state index contributed by atoms with van der Waals surface area (Å²) in [5, 5.41) is 11.7. The number of ketones is 1. The first-order valence-electron chi connectivity index (χ1n) is 10.9. The Morgan fingerprint density at radius 3 is 2.43 bits per heavy atom. The highest BCUT2D eigenvalue weighted by Crippen LogP contribution is 2.45. The summed E-state index contributed by atoms with van der Waals surface area (Å²) in [6.07, 6.45) is 0. The standard InChI is InChI=1S/C27H22N2O5S/c1-15-10-11-20-21(12-15)35-27(28-20)29-23(16-6-4-8-18(13-16)33-2)22(25(31)26(29)32)24(30)17-7-5-9-19(14-17)34-3/h4-14,23,30H,1-3H3/b24-22+. The summed E-state index contributed by atoms with van der Waals surface area (Å²) in [5.41, 5.74) is 2.76. The van der Waals surface area contributed by atoms with Crippen LogP contribution in [0.3, 0.4) is 0 Å². The van der Waals surface area contributed by atoms with Gasteiger partial charge in [0.05, 0.1) is 36.1 Å². The molecule has 1 N–H and O–H groups in total. The van der Waals surface area contributed by atoms with E-state index < -0.39 is 17.7 Å². The maximum absolute atomic E-state index is 13.4. The number of anilines is 1. The molecule has 1 saturated heterocycles. The lowest BCUT2D eigenvalue weighted by Gasteiger charge is -2.23. The minimum Gasteiger partial charge on any atom is -0.507 e. The molecule has 5 rings (SSSR count). The number of methoxy groups -OCH3 is 2. The topological polar surface area (TPSA) is 89.0 Å². The van der Waals surface area contributed by atoms with Gasteiger partial charge in [0.15, 0.2) is 5.13 Å². The van der Waals surface area contributed by atoms with Gasteiger partial charge in [-0.05, 0) is 54.4 Å². The van der Waals surface area contributed by atoms with Crippen LogP contribution in [-0.2, 0) is 9.59 Å². The van der Waals surface area contributed by atoms with Gasteiger partial charge >= 0.3 is 5.91 Å². The second kappa shape index (κ2) is 8.88. The van der Waals surface area contributed by atoms with Gasteiger partial charge in [-0.15, -0.1) is 0 Å². The van der Waals surface area contributed by atoms with Crippen LogP contribution in [0.15, 0.2) is 72.3 Å². The molecule has 2 heterocycles. The average Bonchev–Trinajstić information content (AvgIpc) is 3.41. The van der Waals surface area contributed by atoms with Crippen LogP contribution in [0.5, 0.6) is 11.5 Å². The summed E-state index contributed by atoms with van der Waals surface area (Å²) in [7, 11) is 3.06. The molecule has 1 aliphatic rings. The van der Waals surface area contributed by atoms with E-state index in [1.807, 2.05) is 25.1 Å². The third kappa shape index (κ3) is 3.91. The maximum Gasteiger partial charge on any atom is 0.301 e. The average molecular weight is 487 g/mol. The molecule has 7 nitrogen and oxygen atoms in total. The lowest BCUT2D eigenvalue weighted by Crippen LogP contribution is -2.29. The van der Waals surface area contributed by atoms with E-state index in [0.717, 1.165) is 15.8 Å². The van der Waals surface area contributed by atoms with Crippen molar-refractivity contribution in [2.75, 3.05) is 19.1 Å². The van der Waals surface area contributed by atoms with E-state index in [4.69, 9.17) is 9.47 Å². The van der Waals surface area contributed by atoms with E-state index in [9.17, 15) is 14.7 Å². The number of Topliss-reactive ketones (excluding diaryl/α,β-unsaturated/α-hetero) is 1. The maximum atomic E-state index is 13.4. The molecule has 0 radical (unpaired) electrons. The number of rotatable bonds is 5. The second-order valence-electron chi connectivity index (χ2n) is 8.15. The lowest BCUT2D eigenvalue weighted by atomic mass is 9.95. The van der Waals surface area contributed by atoms with Crippen molar-refractivity contribution in [2.45, 2.75) is 13.0 Å². The first-order valence-corrected chi connectivity index (χ1v) is 11.7. The number of hydrogen-bond donors (Lipinski definition) is 1. The van der Waals surface area contributed by atoms with Crippen LogP contribution in [-0.4, -0.2) is 36.0 Å². The normalized spacial score (nSPS) is 17.2. The van der Waals surface area contributed by atoms with Gasteiger partial charge in [-0.25, -0.2) is 4.98 Å². The Morgan fingerprint density at radius 2 is 1.69 bits per heavy atom. The molecule has 0 spiro atoms. The Morgan fingerprint density at radius 1 is 0.971 bits per heavy atom. The van der Waals surface area contributed by atoms with Crippen LogP contribution in [0.25, 0.3) is 16.0 Å². The monoisotopic (exact) mass is 486 g/mol.